The molecule has 5 nitrogen and oxygen atoms in total. The molecular weight excluding hydrogens is 390 g/mol. The number of benzene rings is 2. The van der Waals surface area contributed by atoms with E-state index in [1.54, 1.807) is 23.0 Å². The van der Waals surface area contributed by atoms with E-state index in [1.807, 2.05) is 18.2 Å². The number of para-hydroxylation sites is 1. The smallest absolute Gasteiger partial charge is 0.263 e. The predicted molar refractivity (Wildman–Crippen MR) is 112 cm³/mol. The normalized spacial score (nSPS) is 15.4. The van der Waals surface area contributed by atoms with Crippen LogP contribution < -0.4 is 10.1 Å². The molecule has 1 aliphatic heterocycles. The number of hydrogen-bond acceptors (Lipinski definition) is 6. The molecule has 4 aromatic rings. The molecule has 0 fully saturated rings. The Morgan fingerprint density at radius 2 is 2.21 bits per heavy atom. The molecule has 0 bridgehead atoms. The summed E-state index contributed by atoms with van der Waals surface area (Å²) in [6.45, 7) is 2.56. The highest BCUT2D eigenvalue weighted by molar-refractivity contribution is 7.21. The lowest BCUT2D eigenvalue weighted by Crippen LogP contribution is -2.34. The van der Waals surface area contributed by atoms with Gasteiger partial charge in [0.1, 0.15) is 21.7 Å². The molecule has 0 saturated carbocycles. The summed E-state index contributed by atoms with van der Waals surface area (Å²) in [6, 6.07) is 12.5. The van der Waals surface area contributed by atoms with Gasteiger partial charge in [-0.15, -0.1) is 22.7 Å². The van der Waals surface area contributed by atoms with Crippen LogP contribution in [0.1, 0.15) is 20.8 Å². The van der Waals surface area contributed by atoms with Crippen LogP contribution in [0.5, 0.6) is 5.75 Å². The largest absolute Gasteiger partial charge is 0.487 e. The molecule has 0 aliphatic carbocycles. The Balaban J connectivity index is 1.40. The standard InChI is InChI=1S/C21H17N3O2S2/c1-12-6-13-8-14(9-23-20(25)18-10-22-11-27-18)26-19(13)15(7-12)21-24-16-4-2-3-5-17(16)28-21/h2-7,10-11,14H,8-9H2,1H3,(H,23,25)/t14-/m0/s1. The maximum absolute atomic E-state index is 12.2. The second-order valence-electron chi connectivity index (χ2n) is 6.81. The summed E-state index contributed by atoms with van der Waals surface area (Å²) in [6.07, 6.45) is 2.28. The number of carbonyl (C=O) groups excluding carboxylic acids is 1. The first-order valence-electron chi connectivity index (χ1n) is 9.00. The number of amides is 1. The molecule has 0 saturated heterocycles. The van der Waals surface area contributed by atoms with E-state index in [0.29, 0.717) is 11.4 Å². The molecule has 3 heterocycles. The van der Waals surface area contributed by atoms with E-state index in [0.717, 1.165) is 28.3 Å². The first kappa shape index (κ1) is 17.3. The van der Waals surface area contributed by atoms with Gasteiger partial charge < -0.3 is 10.1 Å². The monoisotopic (exact) mass is 407 g/mol. The quantitative estimate of drug-likeness (QED) is 0.542. The van der Waals surface area contributed by atoms with E-state index in [2.05, 4.69) is 35.4 Å². The fraction of sp³-hybridized carbons (Fsp3) is 0.190. The van der Waals surface area contributed by atoms with Crippen molar-refractivity contribution in [1.82, 2.24) is 15.3 Å². The molecule has 2 aromatic carbocycles. The minimum atomic E-state index is -0.107. The van der Waals surface area contributed by atoms with Crippen molar-refractivity contribution >= 4 is 38.8 Å². The van der Waals surface area contributed by atoms with Gasteiger partial charge in [-0.05, 0) is 36.2 Å². The Morgan fingerprint density at radius 1 is 1.32 bits per heavy atom. The zero-order valence-corrected chi connectivity index (χ0v) is 16.8. The number of rotatable bonds is 4. The van der Waals surface area contributed by atoms with Gasteiger partial charge in [-0.3, -0.25) is 9.78 Å². The number of aryl methyl sites for hydroxylation is 1. The Morgan fingerprint density at radius 3 is 3.04 bits per heavy atom. The van der Waals surface area contributed by atoms with E-state index >= 15 is 0 Å². The highest BCUT2D eigenvalue weighted by Crippen LogP contribution is 2.42. The van der Waals surface area contributed by atoms with Crippen molar-refractivity contribution in [3.8, 4) is 16.3 Å². The molecule has 0 unspecified atom stereocenters. The van der Waals surface area contributed by atoms with Gasteiger partial charge in [0.05, 0.1) is 34.0 Å². The molecule has 7 heteroatoms. The van der Waals surface area contributed by atoms with Gasteiger partial charge in [0.25, 0.3) is 5.91 Å². The molecular formula is C21H17N3O2S2. The Kier molecular flexibility index (Phi) is 4.33. The Hall–Kier alpha value is -2.77. The fourth-order valence-corrected chi connectivity index (χ4v) is 4.99. The summed E-state index contributed by atoms with van der Waals surface area (Å²) in [5, 5.41) is 3.92. The molecule has 0 spiro atoms. The van der Waals surface area contributed by atoms with Crippen molar-refractivity contribution in [2.45, 2.75) is 19.4 Å². The zero-order valence-electron chi connectivity index (χ0n) is 15.1. The van der Waals surface area contributed by atoms with Gasteiger partial charge in [-0.1, -0.05) is 18.2 Å². The van der Waals surface area contributed by atoms with Gasteiger partial charge in [0.2, 0.25) is 0 Å². The summed E-state index contributed by atoms with van der Waals surface area (Å²) in [5.74, 6) is 0.784. The van der Waals surface area contributed by atoms with E-state index < -0.39 is 0 Å². The van der Waals surface area contributed by atoms with Crippen LogP contribution >= 0.6 is 22.7 Å². The lowest BCUT2D eigenvalue weighted by Gasteiger charge is -2.12. The first-order chi connectivity index (χ1) is 13.7. The average Bonchev–Trinajstić information content (AvgIpc) is 3.43. The third kappa shape index (κ3) is 3.16. The number of aromatic nitrogens is 2. The van der Waals surface area contributed by atoms with Crippen molar-refractivity contribution < 1.29 is 9.53 Å². The number of hydrogen-bond donors (Lipinski definition) is 1. The maximum atomic E-state index is 12.2. The van der Waals surface area contributed by atoms with Crippen molar-refractivity contribution in [3.63, 3.8) is 0 Å². The van der Waals surface area contributed by atoms with E-state index in [4.69, 9.17) is 9.72 Å². The van der Waals surface area contributed by atoms with Crippen molar-refractivity contribution in [1.29, 1.82) is 0 Å². The lowest BCUT2D eigenvalue weighted by molar-refractivity contribution is 0.0937. The van der Waals surface area contributed by atoms with Gasteiger partial charge in [-0.25, -0.2) is 4.98 Å². The van der Waals surface area contributed by atoms with Crippen LogP contribution in [0.2, 0.25) is 0 Å². The maximum Gasteiger partial charge on any atom is 0.263 e. The molecule has 0 radical (unpaired) electrons. The SMILES string of the molecule is Cc1cc2c(c(-c3nc4ccccc4s3)c1)O[C@H](CNC(=O)c1cncs1)C2. The van der Waals surface area contributed by atoms with Crippen LogP contribution in [0, 0.1) is 6.92 Å². The number of ether oxygens (including phenoxy) is 1. The zero-order chi connectivity index (χ0) is 19.1. The second kappa shape index (κ2) is 7.00. The number of carbonyl (C=O) groups is 1. The molecule has 1 N–H and O–H groups in total. The van der Waals surface area contributed by atoms with Crippen LogP contribution in [0.4, 0.5) is 0 Å². The predicted octanol–water partition coefficient (Wildman–Crippen LogP) is 4.46. The molecule has 1 amide bonds. The minimum absolute atomic E-state index is 0.0817. The topological polar surface area (TPSA) is 64.1 Å². The van der Waals surface area contributed by atoms with Crippen LogP contribution in [0.3, 0.4) is 0 Å². The highest BCUT2D eigenvalue weighted by atomic mass is 32.1. The number of fused-ring (bicyclic) bond motifs is 2. The van der Waals surface area contributed by atoms with Crippen molar-refractivity contribution in [3.05, 3.63) is 64.1 Å². The van der Waals surface area contributed by atoms with Gasteiger partial charge in [0.15, 0.2) is 0 Å². The molecule has 1 atom stereocenters. The summed E-state index contributed by atoms with van der Waals surface area (Å²) < 4.78 is 7.42. The van der Waals surface area contributed by atoms with Crippen molar-refractivity contribution in [2.75, 3.05) is 6.54 Å². The van der Waals surface area contributed by atoms with Gasteiger partial charge in [-0.2, -0.15) is 0 Å². The second-order valence-corrected chi connectivity index (χ2v) is 8.72. The highest BCUT2D eigenvalue weighted by Gasteiger charge is 2.28. The van der Waals surface area contributed by atoms with Crippen LogP contribution in [0.25, 0.3) is 20.8 Å². The van der Waals surface area contributed by atoms with Crippen LogP contribution in [0.15, 0.2) is 48.1 Å². The Labute approximate surface area is 170 Å². The Bertz CT molecular complexity index is 1130. The average molecular weight is 408 g/mol. The lowest BCUT2D eigenvalue weighted by atomic mass is 10.0. The number of nitrogens with zero attached hydrogens (tertiary/aromatic N) is 2. The van der Waals surface area contributed by atoms with E-state index in [1.165, 1.54) is 27.2 Å². The third-order valence-corrected chi connectivity index (χ3v) is 6.55. The summed E-state index contributed by atoms with van der Waals surface area (Å²) in [5.41, 5.74) is 6.05. The fourth-order valence-electron chi connectivity index (χ4n) is 3.47. The van der Waals surface area contributed by atoms with Crippen LogP contribution in [-0.4, -0.2) is 28.5 Å². The molecule has 5 rings (SSSR count). The number of thiazole rings is 2. The molecule has 2 aromatic heterocycles. The van der Waals surface area contributed by atoms with Gasteiger partial charge >= 0.3 is 0 Å². The molecule has 28 heavy (non-hydrogen) atoms. The van der Waals surface area contributed by atoms with Crippen molar-refractivity contribution in [2.24, 2.45) is 0 Å². The summed E-state index contributed by atoms with van der Waals surface area (Å²) in [7, 11) is 0. The van der Waals surface area contributed by atoms with Crippen LogP contribution in [-0.2, 0) is 6.42 Å². The van der Waals surface area contributed by atoms with E-state index in [9.17, 15) is 4.79 Å². The first-order valence-corrected chi connectivity index (χ1v) is 10.7. The van der Waals surface area contributed by atoms with Gasteiger partial charge in [0, 0.05) is 6.42 Å². The molecule has 1 aliphatic rings. The third-order valence-electron chi connectivity index (χ3n) is 4.71. The summed E-state index contributed by atoms with van der Waals surface area (Å²) in [4.78, 5) is 21.5. The molecule has 140 valence electrons. The van der Waals surface area contributed by atoms with E-state index in [-0.39, 0.29) is 12.0 Å². The number of nitrogens with one attached hydrogen (secondary N) is 1. The minimum Gasteiger partial charge on any atom is -0.487 e. The summed E-state index contributed by atoms with van der Waals surface area (Å²) >= 11 is 3.01.